The second-order valence-corrected chi connectivity index (χ2v) is 12.3. The van der Waals surface area contributed by atoms with Gasteiger partial charge in [-0.15, -0.1) is 0 Å². The monoisotopic (exact) mass is 680 g/mol. The van der Waals surface area contributed by atoms with Gasteiger partial charge in [0, 0.05) is 35.0 Å². The van der Waals surface area contributed by atoms with E-state index in [0.29, 0.717) is 36.2 Å². The lowest BCUT2D eigenvalue weighted by Gasteiger charge is -2.39. The molecule has 0 spiro atoms. The highest BCUT2D eigenvalue weighted by atomic mass is 16.5. The van der Waals surface area contributed by atoms with E-state index in [1.807, 2.05) is 73.8 Å². The van der Waals surface area contributed by atoms with E-state index in [2.05, 4.69) is 73.8 Å². The number of allylic oxidation sites excluding steroid dienone is 3. The molecule has 0 bridgehead atoms. The molecule has 3 N–H and O–H groups in total. The Kier molecular flexibility index (Phi) is 14.1. The fourth-order valence-electron chi connectivity index (χ4n) is 6.29. The first-order valence-corrected chi connectivity index (χ1v) is 16.5. The zero-order chi connectivity index (χ0) is 34.1. The number of benzene rings is 2. The van der Waals surface area contributed by atoms with Crippen LogP contribution in [0.5, 0.6) is 5.75 Å². The molecule has 5 rings (SSSR count). The predicted octanol–water partition coefficient (Wildman–Crippen LogP) is 8.28. The minimum absolute atomic E-state index is 0. The summed E-state index contributed by atoms with van der Waals surface area (Å²) in [5.41, 5.74) is 6.89. The molecule has 2 aromatic carbocycles. The first-order valence-electron chi connectivity index (χ1n) is 16.5. The maximum Gasteiger partial charge on any atom is 0.271 e. The van der Waals surface area contributed by atoms with Crippen molar-refractivity contribution in [3.8, 4) is 17.1 Å². The lowest BCUT2D eigenvalue weighted by molar-refractivity contribution is 0.156. The molecule has 3 atom stereocenters. The van der Waals surface area contributed by atoms with Gasteiger partial charge in [0.2, 0.25) is 0 Å². The van der Waals surface area contributed by atoms with Crippen LogP contribution in [0.15, 0.2) is 137 Å². The van der Waals surface area contributed by atoms with Gasteiger partial charge in [-0.2, -0.15) is 0 Å². The Balaban J connectivity index is 0.00000541. The molecule has 1 aliphatic carbocycles. The van der Waals surface area contributed by atoms with Crippen LogP contribution in [-0.2, 0) is 0 Å². The van der Waals surface area contributed by atoms with Crippen LogP contribution in [0.4, 0.5) is 0 Å². The number of likely N-dealkylation sites (N-methyl/N-ethyl adjacent to an activating group) is 1. The smallest absolute Gasteiger partial charge is 0.271 e. The molecule has 0 saturated carbocycles. The number of aromatic nitrogens is 2. The number of amidine groups is 1. The van der Waals surface area contributed by atoms with Crippen LogP contribution in [-0.4, -0.2) is 53.7 Å². The standard InChI is InChI=1S/C40H46N6O2.2CH4.3H2/c1-7-29(8-2)31(25-41-6)23-28(4)24-42-36(9-3)46-38(30-17-12-10-13-18-30)43-26-34(39(46)47)37-44-35-22-16-19-32(40(35,5)45-37)27-48-33-20-14-11-15-21-33;;;;;/h7,10-18,20-23,26,32,35,41-42H,1,3,8,19,24-25,27H2,2,4-6H3,(H,44,45);2*1H4;3*1H/b28-23+,31-29+;;;;;. The predicted molar refractivity (Wildman–Crippen MR) is 217 cm³/mol. The molecule has 3 aromatic rings. The number of nitrogens with one attached hydrogen (secondary N) is 3. The van der Waals surface area contributed by atoms with Crippen LogP contribution in [0.3, 0.4) is 0 Å². The average molecular weight is 681 g/mol. The Morgan fingerprint density at radius 3 is 2.48 bits per heavy atom. The van der Waals surface area contributed by atoms with E-state index in [9.17, 15) is 4.79 Å². The van der Waals surface area contributed by atoms with Crippen molar-refractivity contribution in [1.29, 1.82) is 0 Å². The van der Waals surface area contributed by atoms with E-state index < -0.39 is 5.54 Å². The quantitative estimate of drug-likeness (QED) is 0.0902. The molecule has 50 heavy (non-hydrogen) atoms. The van der Waals surface area contributed by atoms with E-state index in [4.69, 9.17) is 14.7 Å². The second-order valence-electron chi connectivity index (χ2n) is 12.3. The normalized spacial score (nSPS) is 19.7. The maximum absolute atomic E-state index is 14.5. The van der Waals surface area contributed by atoms with Gasteiger partial charge in [0.15, 0.2) is 5.82 Å². The summed E-state index contributed by atoms with van der Waals surface area (Å²) in [5.74, 6) is 2.37. The number of para-hydroxylation sites is 1. The minimum atomic E-state index is -0.438. The van der Waals surface area contributed by atoms with E-state index in [0.717, 1.165) is 36.3 Å². The molecule has 0 saturated heterocycles. The van der Waals surface area contributed by atoms with E-state index in [1.165, 1.54) is 11.1 Å². The van der Waals surface area contributed by atoms with Crippen molar-refractivity contribution in [1.82, 2.24) is 25.5 Å². The third kappa shape index (κ3) is 8.51. The topological polar surface area (TPSA) is 92.6 Å². The van der Waals surface area contributed by atoms with Crippen molar-refractivity contribution < 1.29 is 9.02 Å². The van der Waals surface area contributed by atoms with Gasteiger partial charge in [-0.25, -0.2) is 9.55 Å². The van der Waals surface area contributed by atoms with Crippen molar-refractivity contribution in [2.75, 3.05) is 26.7 Å². The molecule has 0 fully saturated rings. The summed E-state index contributed by atoms with van der Waals surface area (Å²) >= 11 is 0. The lowest BCUT2D eigenvalue weighted by atomic mass is 9.75. The number of nitrogens with zero attached hydrogens (tertiary/aromatic N) is 3. The van der Waals surface area contributed by atoms with Gasteiger partial charge in [-0.1, -0.05) is 119 Å². The lowest BCUT2D eigenvalue weighted by Crippen LogP contribution is -2.56. The van der Waals surface area contributed by atoms with Gasteiger partial charge in [0.25, 0.3) is 5.56 Å². The van der Waals surface area contributed by atoms with E-state index >= 15 is 0 Å². The first-order chi connectivity index (χ1) is 23.3. The van der Waals surface area contributed by atoms with Gasteiger partial charge >= 0.3 is 0 Å². The summed E-state index contributed by atoms with van der Waals surface area (Å²) in [4.78, 5) is 24.4. The van der Waals surface area contributed by atoms with Crippen LogP contribution in [0.25, 0.3) is 17.2 Å². The molecule has 1 aliphatic heterocycles. The van der Waals surface area contributed by atoms with Gasteiger partial charge in [0.1, 0.15) is 23.0 Å². The average Bonchev–Trinajstić information content (AvgIpc) is 3.46. The van der Waals surface area contributed by atoms with Crippen molar-refractivity contribution >= 4 is 11.7 Å². The Labute approximate surface area is 303 Å². The number of fused-ring (bicyclic) bond motifs is 1. The van der Waals surface area contributed by atoms with Gasteiger partial charge in [-0.05, 0) is 57.0 Å². The van der Waals surface area contributed by atoms with Crippen LogP contribution in [0, 0.1) is 5.92 Å². The number of hydrogen-bond acceptors (Lipinski definition) is 7. The number of ether oxygens (including phenoxy) is 1. The van der Waals surface area contributed by atoms with Crippen LogP contribution in [0.1, 0.15) is 58.3 Å². The summed E-state index contributed by atoms with van der Waals surface area (Å²) in [7, 11) is 1.93. The molecule has 0 radical (unpaired) electrons. The molecule has 8 nitrogen and oxygen atoms in total. The fourth-order valence-corrected chi connectivity index (χ4v) is 6.29. The van der Waals surface area contributed by atoms with Crippen LogP contribution >= 0.6 is 0 Å². The van der Waals surface area contributed by atoms with Crippen molar-refractivity contribution in [3.63, 3.8) is 0 Å². The van der Waals surface area contributed by atoms with Gasteiger partial charge < -0.3 is 20.7 Å². The molecular weight excluding hydrogens is 621 g/mol. The number of rotatable bonds is 14. The Bertz CT molecular complexity index is 1860. The Hall–Kier alpha value is -5.17. The zero-order valence-corrected chi connectivity index (χ0v) is 28.4. The highest BCUT2D eigenvalue weighted by Crippen LogP contribution is 2.36. The minimum Gasteiger partial charge on any atom is -0.493 e. The zero-order valence-electron chi connectivity index (χ0n) is 28.4. The highest BCUT2D eigenvalue weighted by molar-refractivity contribution is 6.00. The summed E-state index contributed by atoms with van der Waals surface area (Å²) < 4.78 is 7.73. The molecule has 1 aromatic heterocycles. The summed E-state index contributed by atoms with van der Waals surface area (Å²) in [5, 5.41) is 10.3. The molecule has 270 valence electrons. The van der Waals surface area contributed by atoms with Crippen molar-refractivity contribution in [2.45, 2.75) is 60.0 Å². The SMILES string of the molecule is C.C.C=C=C(NC/C(C)=C/C(CNC)=C(/C=C)CC)n1c(-c2ccccc2)ncc(C2=NC3C=CCC(COc4ccccc4)C3(C)N2)c1=O.[HH].[HH].[HH]. The number of aliphatic imine (C=N–C) groups is 1. The fraction of sp³-hybridized carbons (Fsp3) is 0.333. The third-order valence-electron chi connectivity index (χ3n) is 9.05. The van der Waals surface area contributed by atoms with Crippen LogP contribution < -0.4 is 26.2 Å². The number of hydrogen-bond donors (Lipinski definition) is 3. The largest absolute Gasteiger partial charge is 0.493 e. The van der Waals surface area contributed by atoms with Crippen LogP contribution in [0.2, 0.25) is 0 Å². The highest BCUT2D eigenvalue weighted by Gasteiger charge is 2.47. The van der Waals surface area contributed by atoms with Crippen molar-refractivity contribution in [2.24, 2.45) is 10.9 Å². The van der Waals surface area contributed by atoms with E-state index in [-0.39, 0.29) is 36.7 Å². The summed E-state index contributed by atoms with van der Waals surface area (Å²) in [6.07, 6.45) is 11.7. The maximum atomic E-state index is 14.5. The Morgan fingerprint density at radius 1 is 1.14 bits per heavy atom. The van der Waals surface area contributed by atoms with E-state index in [1.54, 1.807) is 10.8 Å². The third-order valence-corrected chi connectivity index (χ3v) is 9.05. The molecule has 0 amide bonds. The molecule has 3 unspecified atom stereocenters. The summed E-state index contributed by atoms with van der Waals surface area (Å²) in [6.45, 7) is 16.0. The summed E-state index contributed by atoms with van der Waals surface area (Å²) in [6, 6.07) is 19.3. The second kappa shape index (κ2) is 18.0. The van der Waals surface area contributed by atoms with Gasteiger partial charge in [-0.3, -0.25) is 9.79 Å². The molecular formula is C42H60N6O2. The van der Waals surface area contributed by atoms with Crippen molar-refractivity contribution in [3.05, 3.63) is 143 Å². The molecule has 8 heteroatoms. The van der Waals surface area contributed by atoms with Gasteiger partial charge in [0.05, 0.1) is 18.2 Å². The molecule has 2 aliphatic rings. The Morgan fingerprint density at radius 2 is 1.84 bits per heavy atom. The molecule has 2 heterocycles. The first kappa shape index (κ1) is 39.3.